The third-order valence-corrected chi connectivity index (χ3v) is 2.94. The molecule has 128 valence electrons. The van der Waals surface area contributed by atoms with Gasteiger partial charge >= 0.3 is 0 Å². The summed E-state index contributed by atoms with van der Waals surface area (Å²) in [6, 6.07) is 0. The maximum Gasteiger partial charge on any atom is 0.105 e. The second kappa shape index (κ2) is 13.5. The number of hydrogen-bond donors (Lipinski definition) is 2. The van der Waals surface area contributed by atoms with E-state index < -0.39 is 0 Å². The quantitative estimate of drug-likeness (QED) is 0.381. The first-order valence-electron chi connectivity index (χ1n) is 8.24. The summed E-state index contributed by atoms with van der Waals surface area (Å²) in [7, 11) is 0. The van der Waals surface area contributed by atoms with Crippen LogP contribution in [0.3, 0.4) is 0 Å². The van der Waals surface area contributed by atoms with Crippen molar-refractivity contribution < 1.29 is 14.2 Å². The maximum absolute atomic E-state index is 5.83. The van der Waals surface area contributed by atoms with Crippen LogP contribution in [-0.2, 0) is 14.2 Å². The van der Waals surface area contributed by atoms with Gasteiger partial charge in [-0.05, 0) is 37.5 Å². The predicted molar refractivity (Wildman–Crippen MR) is 86.8 cm³/mol. The van der Waals surface area contributed by atoms with Gasteiger partial charge in [-0.2, -0.15) is 0 Å². The van der Waals surface area contributed by atoms with E-state index in [9.17, 15) is 0 Å². The van der Waals surface area contributed by atoms with Gasteiger partial charge in [0.05, 0.1) is 13.2 Å². The van der Waals surface area contributed by atoms with Crippen LogP contribution in [0.25, 0.3) is 0 Å². The molecule has 0 bridgehead atoms. The number of rotatable bonds is 14. The largest absolute Gasteiger partial charge is 0.381 e. The van der Waals surface area contributed by atoms with Crippen LogP contribution in [0.4, 0.5) is 0 Å². The first kappa shape index (κ1) is 20.8. The Balaban J connectivity index is 3.22. The van der Waals surface area contributed by atoms with Crippen molar-refractivity contribution in [3.63, 3.8) is 0 Å². The molecule has 0 aliphatic heterocycles. The Labute approximate surface area is 130 Å². The van der Waals surface area contributed by atoms with Crippen LogP contribution in [0.2, 0.25) is 0 Å². The summed E-state index contributed by atoms with van der Waals surface area (Å²) in [6.07, 6.45) is 3.24. The van der Waals surface area contributed by atoms with Crippen LogP contribution in [0.15, 0.2) is 0 Å². The van der Waals surface area contributed by atoms with E-state index in [-0.39, 0.29) is 12.5 Å². The number of nitrogens with two attached hydrogens (primary N) is 2. The van der Waals surface area contributed by atoms with Gasteiger partial charge in [-0.1, -0.05) is 27.7 Å². The van der Waals surface area contributed by atoms with E-state index in [4.69, 9.17) is 25.7 Å². The van der Waals surface area contributed by atoms with Gasteiger partial charge in [-0.25, -0.2) is 0 Å². The summed E-state index contributed by atoms with van der Waals surface area (Å²) in [6.45, 7) is 11.3. The second-order valence-electron chi connectivity index (χ2n) is 6.40. The van der Waals surface area contributed by atoms with Crippen LogP contribution in [0.5, 0.6) is 0 Å². The van der Waals surface area contributed by atoms with Crippen molar-refractivity contribution in [1.82, 2.24) is 0 Å². The molecule has 0 fully saturated rings. The Bertz CT molecular complexity index is 204. The molecule has 5 nitrogen and oxygen atoms in total. The lowest BCUT2D eigenvalue weighted by molar-refractivity contribution is 0.0128. The molecule has 0 rings (SSSR count). The van der Waals surface area contributed by atoms with Crippen LogP contribution in [0, 0.1) is 11.8 Å². The minimum absolute atomic E-state index is 0.152. The van der Waals surface area contributed by atoms with Gasteiger partial charge < -0.3 is 25.7 Å². The average molecular weight is 304 g/mol. The molecule has 0 aromatic rings. The highest BCUT2D eigenvalue weighted by molar-refractivity contribution is 4.53. The lowest BCUT2D eigenvalue weighted by atomic mass is 10.1. The Hall–Kier alpha value is -0.200. The highest BCUT2D eigenvalue weighted by atomic mass is 16.5. The molecule has 0 aromatic heterocycles. The second-order valence-corrected chi connectivity index (χ2v) is 6.40. The monoisotopic (exact) mass is 304 g/mol. The van der Waals surface area contributed by atoms with Gasteiger partial charge in [-0.3, -0.25) is 0 Å². The molecule has 2 unspecified atom stereocenters. The molecule has 0 spiro atoms. The van der Waals surface area contributed by atoms with E-state index in [2.05, 4.69) is 27.7 Å². The van der Waals surface area contributed by atoms with E-state index in [0.717, 1.165) is 25.7 Å². The Morgan fingerprint density at radius 2 is 1.05 bits per heavy atom. The number of hydrogen-bond acceptors (Lipinski definition) is 5. The van der Waals surface area contributed by atoms with Crippen molar-refractivity contribution in [2.75, 3.05) is 26.4 Å². The smallest absolute Gasteiger partial charge is 0.105 e. The SMILES string of the molecule is CC(C)CC(N)OCCCOCCCOC(N)CC(C)C. The minimum Gasteiger partial charge on any atom is -0.381 e. The molecule has 0 heterocycles. The predicted octanol–water partition coefficient (Wildman–Crippen LogP) is 2.48. The van der Waals surface area contributed by atoms with Crippen molar-refractivity contribution in [1.29, 1.82) is 0 Å². The summed E-state index contributed by atoms with van der Waals surface area (Å²) in [5, 5.41) is 0. The van der Waals surface area contributed by atoms with E-state index >= 15 is 0 Å². The summed E-state index contributed by atoms with van der Waals surface area (Å²) in [4.78, 5) is 0. The van der Waals surface area contributed by atoms with Gasteiger partial charge in [-0.15, -0.1) is 0 Å². The lowest BCUT2D eigenvalue weighted by Crippen LogP contribution is -2.26. The van der Waals surface area contributed by atoms with E-state index in [1.165, 1.54) is 0 Å². The van der Waals surface area contributed by atoms with Gasteiger partial charge in [0.1, 0.15) is 12.5 Å². The first-order valence-corrected chi connectivity index (χ1v) is 8.24. The fourth-order valence-electron chi connectivity index (χ4n) is 1.96. The summed E-state index contributed by atoms with van der Waals surface area (Å²) < 4.78 is 16.5. The third kappa shape index (κ3) is 16.0. The van der Waals surface area contributed by atoms with Crippen molar-refractivity contribution in [2.45, 2.75) is 65.8 Å². The lowest BCUT2D eigenvalue weighted by Gasteiger charge is -2.15. The van der Waals surface area contributed by atoms with Gasteiger partial charge in [0.2, 0.25) is 0 Å². The molecule has 0 radical (unpaired) electrons. The maximum atomic E-state index is 5.83. The molecular formula is C16H36N2O3. The van der Waals surface area contributed by atoms with E-state index in [1.54, 1.807) is 0 Å². The zero-order valence-corrected chi connectivity index (χ0v) is 14.3. The van der Waals surface area contributed by atoms with Crippen molar-refractivity contribution in [2.24, 2.45) is 23.3 Å². The van der Waals surface area contributed by atoms with Gasteiger partial charge in [0.25, 0.3) is 0 Å². The molecular weight excluding hydrogens is 268 g/mol. The molecule has 0 aliphatic rings. The van der Waals surface area contributed by atoms with E-state index in [1.807, 2.05) is 0 Å². The third-order valence-electron chi connectivity index (χ3n) is 2.94. The van der Waals surface area contributed by atoms with E-state index in [0.29, 0.717) is 38.3 Å². The van der Waals surface area contributed by atoms with Crippen molar-refractivity contribution in [3.8, 4) is 0 Å². The molecule has 0 aromatic carbocycles. The average Bonchev–Trinajstić information content (AvgIpc) is 2.34. The van der Waals surface area contributed by atoms with Gasteiger partial charge in [0, 0.05) is 13.2 Å². The molecule has 0 saturated heterocycles. The molecule has 0 aliphatic carbocycles. The van der Waals surface area contributed by atoms with Crippen LogP contribution in [-0.4, -0.2) is 38.9 Å². The van der Waals surface area contributed by atoms with Crippen LogP contribution in [0.1, 0.15) is 53.4 Å². The summed E-state index contributed by atoms with van der Waals surface area (Å²) in [5.74, 6) is 1.14. The summed E-state index contributed by atoms with van der Waals surface area (Å²) >= 11 is 0. The van der Waals surface area contributed by atoms with Crippen LogP contribution < -0.4 is 11.5 Å². The van der Waals surface area contributed by atoms with Gasteiger partial charge in [0.15, 0.2) is 0 Å². The highest BCUT2D eigenvalue weighted by Crippen LogP contribution is 2.05. The van der Waals surface area contributed by atoms with Crippen molar-refractivity contribution in [3.05, 3.63) is 0 Å². The molecule has 21 heavy (non-hydrogen) atoms. The van der Waals surface area contributed by atoms with Crippen molar-refractivity contribution >= 4 is 0 Å². The zero-order valence-electron chi connectivity index (χ0n) is 14.3. The number of ether oxygens (including phenoxy) is 3. The normalized spacial score (nSPS) is 14.9. The molecule has 5 heteroatoms. The fourth-order valence-corrected chi connectivity index (χ4v) is 1.96. The Morgan fingerprint density at radius 3 is 1.38 bits per heavy atom. The first-order chi connectivity index (χ1) is 9.91. The molecule has 0 amide bonds. The standard InChI is InChI=1S/C16H36N2O3/c1-13(2)11-15(17)20-9-5-7-19-8-6-10-21-16(18)12-14(3)4/h13-16H,5-12,17-18H2,1-4H3. The zero-order chi connectivity index (χ0) is 16.1. The minimum atomic E-state index is -0.152. The molecule has 0 saturated carbocycles. The Kier molecular flexibility index (Phi) is 13.3. The summed E-state index contributed by atoms with van der Waals surface area (Å²) in [5.41, 5.74) is 11.7. The highest BCUT2D eigenvalue weighted by Gasteiger charge is 2.06. The fraction of sp³-hybridized carbons (Fsp3) is 1.00. The molecule has 2 atom stereocenters. The Morgan fingerprint density at radius 1 is 0.667 bits per heavy atom. The topological polar surface area (TPSA) is 79.7 Å². The molecule has 4 N–H and O–H groups in total. The van der Waals surface area contributed by atoms with Crippen LogP contribution >= 0.6 is 0 Å².